The number of benzene rings is 3. The first-order valence-corrected chi connectivity index (χ1v) is 12.0. The Bertz CT molecular complexity index is 1340. The number of halogens is 1. The van der Waals surface area contributed by atoms with Crippen molar-refractivity contribution in [3.8, 4) is 11.5 Å². The summed E-state index contributed by atoms with van der Waals surface area (Å²) in [5.74, 6) is -0.614. The molecule has 0 bridgehead atoms. The molecule has 35 heavy (non-hydrogen) atoms. The molecule has 3 aromatic carbocycles. The third kappa shape index (κ3) is 6.15. The zero-order chi connectivity index (χ0) is 25.6. The Morgan fingerprint density at radius 1 is 1.00 bits per heavy atom. The van der Waals surface area contributed by atoms with Crippen LogP contribution in [0, 0.1) is 19.7 Å². The van der Waals surface area contributed by atoms with Gasteiger partial charge < -0.3 is 9.47 Å². The number of amides is 1. The maximum Gasteiger partial charge on any atom is 0.264 e. The number of anilines is 1. The molecule has 0 fully saturated rings. The molecule has 0 heterocycles. The van der Waals surface area contributed by atoms with Gasteiger partial charge in [0.2, 0.25) is 0 Å². The van der Waals surface area contributed by atoms with Gasteiger partial charge in [0.1, 0.15) is 12.4 Å². The lowest BCUT2D eigenvalue weighted by molar-refractivity contribution is -0.119. The number of methoxy groups -OCH3 is 2. The summed E-state index contributed by atoms with van der Waals surface area (Å²) < 4.78 is 52.5. The second-order valence-electron chi connectivity index (χ2n) is 7.69. The van der Waals surface area contributed by atoms with Crippen LogP contribution in [0.2, 0.25) is 0 Å². The Morgan fingerprint density at radius 2 is 1.66 bits per heavy atom. The molecular weight excluding hydrogens is 473 g/mol. The van der Waals surface area contributed by atoms with E-state index in [4.69, 9.17) is 9.47 Å². The predicted octanol–water partition coefficient (Wildman–Crippen LogP) is 3.81. The number of nitrogens with one attached hydrogen (secondary N) is 1. The molecule has 0 atom stereocenters. The van der Waals surface area contributed by atoms with Crippen LogP contribution in [0.5, 0.6) is 11.5 Å². The second-order valence-corrected chi connectivity index (χ2v) is 9.55. The molecule has 1 N–H and O–H groups in total. The summed E-state index contributed by atoms with van der Waals surface area (Å²) in [6, 6.07) is 15.3. The molecule has 0 spiro atoms. The summed E-state index contributed by atoms with van der Waals surface area (Å²) in [6.07, 6.45) is 1.15. The minimum absolute atomic E-state index is 0.0861. The highest BCUT2D eigenvalue weighted by atomic mass is 32.2. The van der Waals surface area contributed by atoms with Crippen molar-refractivity contribution in [2.24, 2.45) is 5.10 Å². The number of carbonyl (C=O) groups excluding carboxylic acids is 1. The number of nitrogens with zero attached hydrogens (tertiary/aromatic N) is 2. The topological polar surface area (TPSA) is 97.3 Å². The standard InChI is InChI=1S/C25H26FN3O5S/c1-17-11-18(2)13-20(12-17)29(16-25(30)28-27-15-19-7-5-6-8-22(19)26)35(31,32)21-9-10-23(33-3)24(14-21)34-4/h5-15H,16H2,1-4H3,(H,28,30)/b27-15-. The number of ether oxygens (including phenoxy) is 2. The predicted molar refractivity (Wildman–Crippen MR) is 132 cm³/mol. The van der Waals surface area contributed by atoms with E-state index in [1.54, 1.807) is 18.2 Å². The molecule has 8 nitrogen and oxygen atoms in total. The third-order valence-electron chi connectivity index (χ3n) is 5.02. The van der Waals surface area contributed by atoms with Gasteiger partial charge in [0.15, 0.2) is 11.5 Å². The molecule has 3 aromatic rings. The fraction of sp³-hybridized carbons (Fsp3) is 0.200. The van der Waals surface area contributed by atoms with Gasteiger partial charge in [-0.05, 0) is 55.3 Å². The molecule has 0 radical (unpaired) electrons. The average Bonchev–Trinajstić information content (AvgIpc) is 2.82. The summed E-state index contributed by atoms with van der Waals surface area (Å²) in [5.41, 5.74) is 4.40. The van der Waals surface area contributed by atoms with Crippen LogP contribution in [-0.4, -0.2) is 41.3 Å². The van der Waals surface area contributed by atoms with Gasteiger partial charge in [-0.15, -0.1) is 0 Å². The Labute approximate surface area is 204 Å². The van der Waals surface area contributed by atoms with E-state index in [0.717, 1.165) is 21.6 Å². The van der Waals surface area contributed by atoms with Gasteiger partial charge in [0.05, 0.1) is 31.0 Å². The largest absolute Gasteiger partial charge is 0.493 e. The van der Waals surface area contributed by atoms with Crippen LogP contribution in [0.1, 0.15) is 16.7 Å². The molecule has 1 amide bonds. The number of aryl methyl sites for hydroxylation is 2. The van der Waals surface area contributed by atoms with Gasteiger partial charge in [-0.2, -0.15) is 5.10 Å². The maximum absolute atomic E-state index is 13.8. The van der Waals surface area contributed by atoms with Gasteiger partial charge in [-0.25, -0.2) is 18.2 Å². The highest BCUT2D eigenvalue weighted by molar-refractivity contribution is 7.92. The number of hydrogen-bond acceptors (Lipinski definition) is 6. The van der Waals surface area contributed by atoms with Crippen LogP contribution in [0.25, 0.3) is 0 Å². The molecule has 0 saturated heterocycles. The zero-order valence-electron chi connectivity index (χ0n) is 19.8. The molecule has 10 heteroatoms. The fourth-order valence-electron chi connectivity index (χ4n) is 3.43. The maximum atomic E-state index is 13.8. The van der Waals surface area contributed by atoms with E-state index >= 15 is 0 Å². The van der Waals surface area contributed by atoms with Crippen molar-refractivity contribution in [3.05, 3.63) is 83.2 Å². The van der Waals surface area contributed by atoms with Crippen molar-refractivity contribution in [2.75, 3.05) is 25.1 Å². The van der Waals surface area contributed by atoms with Crippen molar-refractivity contribution < 1.29 is 27.1 Å². The SMILES string of the molecule is COc1ccc(S(=O)(=O)N(CC(=O)N/N=C\c2ccccc2F)c2cc(C)cc(C)c2)cc1OC. The molecule has 0 saturated carbocycles. The van der Waals surface area contributed by atoms with Gasteiger partial charge in [-0.3, -0.25) is 9.10 Å². The van der Waals surface area contributed by atoms with Crippen LogP contribution in [0.4, 0.5) is 10.1 Å². The minimum Gasteiger partial charge on any atom is -0.493 e. The van der Waals surface area contributed by atoms with E-state index in [2.05, 4.69) is 10.5 Å². The minimum atomic E-state index is -4.20. The number of hydrazone groups is 1. The molecule has 0 aliphatic carbocycles. The quantitative estimate of drug-likeness (QED) is 0.357. The lowest BCUT2D eigenvalue weighted by Gasteiger charge is -2.25. The lowest BCUT2D eigenvalue weighted by Crippen LogP contribution is -2.39. The van der Waals surface area contributed by atoms with E-state index in [9.17, 15) is 17.6 Å². The molecule has 0 unspecified atom stereocenters. The highest BCUT2D eigenvalue weighted by Crippen LogP contribution is 2.32. The molecular formula is C25H26FN3O5S. The van der Waals surface area contributed by atoms with Crippen LogP contribution < -0.4 is 19.2 Å². The number of hydrogen-bond donors (Lipinski definition) is 1. The van der Waals surface area contributed by atoms with Gasteiger partial charge >= 0.3 is 0 Å². The molecule has 0 aliphatic heterocycles. The Balaban J connectivity index is 1.95. The Hall–Kier alpha value is -3.92. The van der Waals surface area contributed by atoms with E-state index in [-0.39, 0.29) is 16.2 Å². The first kappa shape index (κ1) is 25.7. The van der Waals surface area contributed by atoms with Crippen molar-refractivity contribution >= 4 is 27.8 Å². The third-order valence-corrected chi connectivity index (χ3v) is 6.79. The van der Waals surface area contributed by atoms with Gasteiger partial charge in [0, 0.05) is 11.6 Å². The monoisotopic (exact) mass is 499 g/mol. The van der Waals surface area contributed by atoms with Crippen LogP contribution >= 0.6 is 0 Å². The van der Waals surface area contributed by atoms with Crippen molar-refractivity contribution in [3.63, 3.8) is 0 Å². The molecule has 0 aromatic heterocycles. The summed E-state index contributed by atoms with van der Waals surface area (Å²) in [5, 5.41) is 3.77. The molecule has 184 valence electrons. The number of sulfonamides is 1. The van der Waals surface area contributed by atoms with Crippen molar-refractivity contribution in [1.82, 2.24) is 5.43 Å². The van der Waals surface area contributed by atoms with Crippen molar-refractivity contribution in [2.45, 2.75) is 18.7 Å². The Kier molecular flexibility index (Phi) is 8.08. The zero-order valence-corrected chi connectivity index (χ0v) is 20.6. The van der Waals surface area contributed by atoms with E-state index < -0.39 is 28.3 Å². The summed E-state index contributed by atoms with van der Waals surface area (Å²) in [4.78, 5) is 12.6. The first-order valence-electron chi connectivity index (χ1n) is 10.5. The van der Waals surface area contributed by atoms with Gasteiger partial charge in [-0.1, -0.05) is 24.3 Å². The Morgan fingerprint density at radius 3 is 2.29 bits per heavy atom. The van der Waals surface area contributed by atoms with E-state index in [0.29, 0.717) is 11.4 Å². The molecule has 0 aliphatic rings. The number of rotatable bonds is 9. The summed E-state index contributed by atoms with van der Waals surface area (Å²) in [7, 11) is -1.35. The van der Waals surface area contributed by atoms with Gasteiger partial charge in [0.25, 0.3) is 15.9 Å². The highest BCUT2D eigenvalue weighted by Gasteiger charge is 2.28. The lowest BCUT2D eigenvalue weighted by atomic mass is 10.1. The fourth-order valence-corrected chi connectivity index (χ4v) is 4.85. The second kappa shape index (κ2) is 11.0. The summed E-state index contributed by atoms with van der Waals surface area (Å²) >= 11 is 0. The normalized spacial score (nSPS) is 11.3. The van der Waals surface area contributed by atoms with E-state index in [1.165, 1.54) is 50.6 Å². The summed E-state index contributed by atoms with van der Waals surface area (Å²) in [6.45, 7) is 3.10. The van der Waals surface area contributed by atoms with E-state index in [1.807, 2.05) is 19.9 Å². The van der Waals surface area contributed by atoms with Crippen LogP contribution in [0.15, 0.2) is 70.7 Å². The van der Waals surface area contributed by atoms with Crippen LogP contribution in [0.3, 0.4) is 0 Å². The number of carbonyl (C=O) groups is 1. The first-order chi connectivity index (χ1) is 16.6. The smallest absolute Gasteiger partial charge is 0.264 e. The van der Waals surface area contributed by atoms with Crippen LogP contribution in [-0.2, 0) is 14.8 Å². The molecule has 3 rings (SSSR count). The van der Waals surface area contributed by atoms with Crippen molar-refractivity contribution in [1.29, 1.82) is 0 Å². The average molecular weight is 500 g/mol.